The largest absolute Gasteiger partial charge is 0.493 e. The quantitative estimate of drug-likeness (QED) is 0.230. The molecule has 0 N–H and O–H groups in total. The van der Waals surface area contributed by atoms with E-state index in [-0.39, 0.29) is 64.4 Å². The molecule has 0 amide bonds. The first-order valence-corrected chi connectivity index (χ1v) is 18.9. The molecule has 308 valence electrons. The van der Waals surface area contributed by atoms with Gasteiger partial charge in [-0.05, 0) is 62.1 Å². The molecule has 0 radical (unpaired) electrons. The van der Waals surface area contributed by atoms with Gasteiger partial charge in [0.2, 0.25) is 0 Å². The summed E-state index contributed by atoms with van der Waals surface area (Å²) in [5.74, 6) is -2.93. The van der Waals surface area contributed by atoms with Gasteiger partial charge < -0.3 is 52.1 Å². The number of benzene rings is 2. The minimum Gasteiger partial charge on any atom is -0.493 e. The minimum atomic E-state index is -0.723. The third kappa shape index (κ3) is 13.1. The molecule has 5 aliphatic rings. The fourth-order valence-corrected chi connectivity index (χ4v) is 6.29. The van der Waals surface area contributed by atoms with E-state index in [2.05, 4.69) is 0 Å². The molecular formula is C42H50O15. The number of rotatable bonds is 2. The lowest BCUT2D eigenvalue weighted by Crippen LogP contribution is -2.35. The van der Waals surface area contributed by atoms with Crippen LogP contribution in [0.15, 0.2) is 72.9 Å². The van der Waals surface area contributed by atoms with Crippen molar-refractivity contribution >= 4 is 23.9 Å². The van der Waals surface area contributed by atoms with Gasteiger partial charge in [0.1, 0.15) is 37.9 Å². The van der Waals surface area contributed by atoms with E-state index in [4.69, 9.17) is 52.1 Å². The Morgan fingerprint density at radius 3 is 1.16 bits per heavy atom. The van der Waals surface area contributed by atoms with Crippen molar-refractivity contribution in [3.63, 3.8) is 0 Å². The van der Waals surface area contributed by atoms with Gasteiger partial charge in [0, 0.05) is 12.1 Å². The second-order valence-corrected chi connectivity index (χ2v) is 13.0. The number of esters is 4. The average Bonchev–Trinajstić information content (AvgIpc) is 3.23. The van der Waals surface area contributed by atoms with E-state index in [9.17, 15) is 19.2 Å². The molecule has 0 saturated carbocycles. The van der Waals surface area contributed by atoms with Crippen LogP contribution in [0.3, 0.4) is 0 Å². The highest BCUT2D eigenvalue weighted by Crippen LogP contribution is 2.35. The molecule has 3 heterocycles. The Bertz CT molecular complexity index is 1610. The number of carbonyl (C=O) groups excluding carboxylic acids is 4. The van der Waals surface area contributed by atoms with Crippen molar-refractivity contribution in [2.75, 3.05) is 80.3 Å². The lowest BCUT2D eigenvalue weighted by molar-refractivity contribution is -0.158. The number of ether oxygens (including phenoxy) is 11. The van der Waals surface area contributed by atoms with Crippen LogP contribution < -0.4 is 28.4 Å². The van der Waals surface area contributed by atoms with Gasteiger partial charge in [0.25, 0.3) is 0 Å². The Hall–Kier alpha value is -5.38. The molecule has 3 aliphatic heterocycles. The van der Waals surface area contributed by atoms with Crippen molar-refractivity contribution < 1.29 is 71.3 Å². The van der Waals surface area contributed by atoms with Crippen LogP contribution in [0.4, 0.5) is 0 Å². The Balaban J connectivity index is 1.21. The Morgan fingerprint density at radius 2 is 0.789 bits per heavy atom. The van der Waals surface area contributed by atoms with Gasteiger partial charge in [-0.2, -0.15) is 0 Å². The highest BCUT2D eigenvalue weighted by atomic mass is 16.6. The summed E-state index contributed by atoms with van der Waals surface area (Å²) in [6.45, 7) is 1.84. The summed E-state index contributed by atoms with van der Waals surface area (Å²) in [4.78, 5) is 52.4. The molecule has 0 spiro atoms. The molecule has 2 aromatic carbocycles. The highest BCUT2D eigenvalue weighted by Gasteiger charge is 2.38. The fraction of sp³-hybridized carbons (Fsp3) is 0.476. The Kier molecular flexibility index (Phi) is 17.2. The Morgan fingerprint density at radius 1 is 0.439 bits per heavy atom. The minimum absolute atomic E-state index is 0.0186. The standard InChI is InChI=1S/C42H50O15/c1-47-37-27-29-13-15-35(37)52-17-7-8-18-53-36-16-14-30(28-38(36)48-2)57-42(46)34-12-6-4-10-32(34)40(44)55-26-24-51-22-20-49-19-21-50-23-25-54-39(43)31-9-3-5-11-33(31)41(45)56-29/h3-8,13-16,27-28,31-34H,9-12,17-26H2,1-2H3/b8-7+/t31-,32+,33+,34-. The predicted octanol–water partition coefficient (Wildman–Crippen LogP) is 4.84. The number of hydrogen-bond acceptors (Lipinski definition) is 15. The van der Waals surface area contributed by atoms with Gasteiger partial charge in [0.05, 0.1) is 77.5 Å². The van der Waals surface area contributed by atoms with Gasteiger partial charge >= 0.3 is 23.9 Å². The number of carbonyl (C=O) groups is 4. The summed E-state index contributed by atoms with van der Waals surface area (Å²) < 4.78 is 61.4. The second-order valence-electron chi connectivity index (χ2n) is 13.0. The van der Waals surface area contributed by atoms with Crippen LogP contribution in [-0.2, 0) is 42.9 Å². The topological polar surface area (TPSA) is 170 Å². The third-order valence-electron chi connectivity index (χ3n) is 9.31. The predicted molar refractivity (Wildman–Crippen MR) is 202 cm³/mol. The van der Waals surface area contributed by atoms with E-state index in [0.717, 1.165) is 0 Å². The molecule has 2 aliphatic carbocycles. The molecule has 0 fully saturated rings. The van der Waals surface area contributed by atoms with Crippen molar-refractivity contribution in [2.45, 2.75) is 25.7 Å². The van der Waals surface area contributed by atoms with Gasteiger partial charge in [-0.25, -0.2) is 0 Å². The van der Waals surface area contributed by atoms with E-state index in [0.29, 0.717) is 61.9 Å². The lowest BCUT2D eigenvalue weighted by atomic mass is 9.83. The van der Waals surface area contributed by atoms with Crippen LogP contribution in [0.2, 0.25) is 0 Å². The number of allylic oxidation sites excluding steroid dienone is 4. The van der Waals surface area contributed by atoms with Crippen molar-refractivity contribution in [1.29, 1.82) is 0 Å². The smallest absolute Gasteiger partial charge is 0.315 e. The van der Waals surface area contributed by atoms with Crippen LogP contribution in [0.25, 0.3) is 0 Å². The number of fused-ring (bicyclic) bond motifs is 2. The van der Waals surface area contributed by atoms with Crippen molar-refractivity contribution in [2.24, 2.45) is 23.7 Å². The van der Waals surface area contributed by atoms with Crippen LogP contribution in [-0.4, -0.2) is 104 Å². The molecule has 0 aromatic heterocycles. The Labute approximate surface area is 331 Å². The lowest BCUT2D eigenvalue weighted by Gasteiger charge is -2.25. The molecule has 2 aromatic rings. The highest BCUT2D eigenvalue weighted by molar-refractivity contribution is 5.85. The second kappa shape index (κ2) is 23.0. The molecule has 57 heavy (non-hydrogen) atoms. The molecule has 7 rings (SSSR count). The van der Waals surface area contributed by atoms with E-state index >= 15 is 0 Å². The maximum Gasteiger partial charge on any atom is 0.315 e. The van der Waals surface area contributed by atoms with Crippen LogP contribution >= 0.6 is 0 Å². The number of hydrogen-bond donors (Lipinski definition) is 0. The van der Waals surface area contributed by atoms with Gasteiger partial charge in [-0.15, -0.1) is 0 Å². The summed E-state index contributed by atoms with van der Waals surface area (Å²) >= 11 is 0. The summed E-state index contributed by atoms with van der Waals surface area (Å²) in [5.41, 5.74) is 0. The first-order chi connectivity index (χ1) is 27.9. The van der Waals surface area contributed by atoms with E-state index in [1.54, 1.807) is 48.6 Å². The molecule has 0 saturated heterocycles. The molecule has 15 heteroatoms. The maximum atomic E-state index is 13.2. The molecule has 4 bridgehead atoms. The molecule has 0 unspecified atom stereocenters. The SMILES string of the molecule is COc1cc2ccc1OC/C=C/COc1ccc(cc1OC)OC(=O)[C@@H]1CC=CC[C@@H]1C(=O)OCCOCCOCCOCCOC(=O)[C@@H]1CC=CC[C@@H]1C(=O)O2. The fourth-order valence-electron chi connectivity index (χ4n) is 6.29. The van der Waals surface area contributed by atoms with Crippen LogP contribution in [0, 0.1) is 23.7 Å². The monoisotopic (exact) mass is 794 g/mol. The van der Waals surface area contributed by atoms with Crippen molar-refractivity contribution in [3.8, 4) is 34.5 Å². The van der Waals surface area contributed by atoms with Crippen molar-refractivity contribution in [1.82, 2.24) is 0 Å². The number of methoxy groups -OCH3 is 2. The maximum absolute atomic E-state index is 13.2. The van der Waals surface area contributed by atoms with Crippen LogP contribution in [0.5, 0.6) is 34.5 Å². The van der Waals surface area contributed by atoms with Crippen molar-refractivity contribution in [3.05, 3.63) is 72.9 Å². The summed E-state index contributed by atoms with van der Waals surface area (Å²) in [5, 5.41) is 0. The normalized spacial score (nSPS) is 24.5. The van der Waals surface area contributed by atoms with Gasteiger partial charge in [0.15, 0.2) is 23.0 Å². The third-order valence-corrected chi connectivity index (χ3v) is 9.31. The molecule has 15 nitrogen and oxygen atoms in total. The van der Waals surface area contributed by atoms with E-state index < -0.39 is 47.5 Å². The summed E-state index contributed by atoms with van der Waals surface area (Å²) in [7, 11) is 2.95. The zero-order valence-corrected chi connectivity index (χ0v) is 32.3. The molecular weight excluding hydrogens is 744 g/mol. The van der Waals surface area contributed by atoms with E-state index in [1.807, 2.05) is 24.3 Å². The first kappa shape index (κ1) is 42.8. The molecule has 4 atom stereocenters. The zero-order chi connectivity index (χ0) is 40.2. The summed E-state index contributed by atoms with van der Waals surface area (Å²) in [6.07, 6.45) is 12.3. The summed E-state index contributed by atoms with van der Waals surface area (Å²) in [6, 6.07) is 9.52. The van der Waals surface area contributed by atoms with Gasteiger partial charge in [-0.1, -0.05) is 24.3 Å². The first-order valence-electron chi connectivity index (χ1n) is 18.9. The zero-order valence-electron chi connectivity index (χ0n) is 32.3. The van der Waals surface area contributed by atoms with Crippen LogP contribution in [0.1, 0.15) is 25.7 Å². The van der Waals surface area contributed by atoms with Gasteiger partial charge in [-0.3, -0.25) is 19.2 Å². The average molecular weight is 795 g/mol. The van der Waals surface area contributed by atoms with E-state index in [1.165, 1.54) is 14.2 Å².